The van der Waals surface area contributed by atoms with Gasteiger partial charge in [0.15, 0.2) is 5.78 Å². The Labute approximate surface area is 120 Å². The summed E-state index contributed by atoms with van der Waals surface area (Å²) in [5, 5.41) is 0. The largest absolute Gasteiger partial charge is 0.374 e. The number of rotatable bonds is 5. The van der Waals surface area contributed by atoms with Crippen molar-refractivity contribution in [3.8, 4) is 0 Å². The maximum absolute atomic E-state index is 12.3. The molecule has 1 aromatic carbocycles. The highest BCUT2D eigenvalue weighted by atomic mass is 16.1. The molecule has 1 aromatic rings. The van der Waals surface area contributed by atoms with Gasteiger partial charge in [0.1, 0.15) is 5.78 Å². The van der Waals surface area contributed by atoms with Crippen molar-refractivity contribution >= 4 is 11.6 Å². The first-order valence-electron chi connectivity index (χ1n) is 7.21. The average Bonchev–Trinajstić information content (AvgIpc) is 2.48. The molecule has 2 rings (SSSR count). The van der Waals surface area contributed by atoms with Gasteiger partial charge in [0.2, 0.25) is 0 Å². The summed E-state index contributed by atoms with van der Waals surface area (Å²) >= 11 is 0. The molecule has 1 fully saturated rings. The molecule has 0 unspecified atom stereocenters. The molecule has 1 aliphatic rings. The van der Waals surface area contributed by atoms with Crippen molar-refractivity contribution in [2.24, 2.45) is 0 Å². The molecule has 0 saturated carbocycles. The number of ketones is 2. The molecule has 106 valence electrons. The maximum atomic E-state index is 12.3. The zero-order valence-corrected chi connectivity index (χ0v) is 12.0. The fourth-order valence-electron chi connectivity index (χ4n) is 2.53. The molecule has 3 nitrogen and oxygen atoms in total. The van der Waals surface area contributed by atoms with E-state index in [1.54, 1.807) is 25.1 Å². The van der Waals surface area contributed by atoms with Crippen LogP contribution in [0.3, 0.4) is 0 Å². The van der Waals surface area contributed by atoms with Crippen LogP contribution in [0.2, 0.25) is 0 Å². The normalized spacial score (nSPS) is 16.1. The van der Waals surface area contributed by atoms with Crippen molar-refractivity contribution in [1.82, 2.24) is 4.90 Å². The molecule has 0 N–H and O–H groups in total. The standard InChI is InChI=1S/C17H21NO2/c1-14(19)12-16(18-10-6-3-7-11-18)13-17(20)15-8-4-2-5-9-15/h2,4-5,8-9,13H,3,6-7,10-12H2,1H3. The third-order valence-corrected chi connectivity index (χ3v) is 3.55. The Bertz CT molecular complexity index is 499. The SMILES string of the molecule is CC(=O)CC(=CC(=O)c1ccccc1)N1CCCCC1. The first-order chi connectivity index (χ1) is 9.66. The monoisotopic (exact) mass is 271 g/mol. The van der Waals surface area contributed by atoms with E-state index in [1.807, 2.05) is 18.2 Å². The van der Waals surface area contributed by atoms with Crippen LogP contribution in [-0.4, -0.2) is 29.6 Å². The van der Waals surface area contributed by atoms with Crippen molar-refractivity contribution in [3.63, 3.8) is 0 Å². The van der Waals surface area contributed by atoms with Crippen LogP contribution in [0.1, 0.15) is 43.0 Å². The lowest BCUT2D eigenvalue weighted by molar-refractivity contribution is -0.116. The molecular weight excluding hydrogens is 250 g/mol. The Morgan fingerprint density at radius 3 is 2.35 bits per heavy atom. The first-order valence-corrected chi connectivity index (χ1v) is 7.21. The van der Waals surface area contributed by atoms with Crippen molar-refractivity contribution in [2.45, 2.75) is 32.6 Å². The minimum atomic E-state index is -0.0209. The fraction of sp³-hybridized carbons (Fsp3) is 0.412. The van der Waals surface area contributed by atoms with E-state index in [-0.39, 0.29) is 11.6 Å². The fourth-order valence-corrected chi connectivity index (χ4v) is 2.53. The second kappa shape index (κ2) is 7.04. The maximum Gasteiger partial charge on any atom is 0.187 e. The molecule has 0 spiro atoms. The van der Waals surface area contributed by atoms with Crippen molar-refractivity contribution < 1.29 is 9.59 Å². The minimum Gasteiger partial charge on any atom is -0.374 e. The lowest BCUT2D eigenvalue weighted by atomic mass is 10.1. The Morgan fingerprint density at radius 1 is 1.10 bits per heavy atom. The van der Waals surface area contributed by atoms with Gasteiger partial charge in [-0.3, -0.25) is 9.59 Å². The zero-order valence-electron chi connectivity index (χ0n) is 12.0. The topological polar surface area (TPSA) is 37.4 Å². The summed E-state index contributed by atoms with van der Waals surface area (Å²) in [5.74, 6) is 0.0788. The molecule has 0 atom stereocenters. The smallest absolute Gasteiger partial charge is 0.187 e. The van der Waals surface area contributed by atoms with E-state index in [0.29, 0.717) is 12.0 Å². The molecule has 0 amide bonds. The Balaban J connectivity index is 2.18. The van der Waals surface area contributed by atoms with Gasteiger partial charge >= 0.3 is 0 Å². The molecule has 3 heteroatoms. The summed E-state index contributed by atoms with van der Waals surface area (Å²) in [6.07, 6.45) is 5.49. The Morgan fingerprint density at radius 2 is 1.75 bits per heavy atom. The third kappa shape index (κ3) is 4.05. The number of hydrogen-bond donors (Lipinski definition) is 0. The number of carbonyl (C=O) groups is 2. The third-order valence-electron chi connectivity index (χ3n) is 3.55. The van der Waals surface area contributed by atoms with E-state index in [2.05, 4.69) is 4.90 Å². The molecule has 1 heterocycles. The van der Waals surface area contributed by atoms with Crippen LogP contribution in [0.15, 0.2) is 42.1 Å². The van der Waals surface area contributed by atoms with Crippen molar-refractivity contribution in [2.75, 3.05) is 13.1 Å². The van der Waals surface area contributed by atoms with Crippen LogP contribution in [-0.2, 0) is 4.79 Å². The lowest BCUT2D eigenvalue weighted by Crippen LogP contribution is -2.30. The van der Waals surface area contributed by atoms with E-state index < -0.39 is 0 Å². The van der Waals surface area contributed by atoms with Crippen LogP contribution < -0.4 is 0 Å². The van der Waals surface area contributed by atoms with Gasteiger partial charge in [-0.1, -0.05) is 30.3 Å². The van der Waals surface area contributed by atoms with Crippen LogP contribution in [0.4, 0.5) is 0 Å². The van der Waals surface area contributed by atoms with Gasteiger partial charge in [0.25, 0.3) is 0 Å². The average molecular weight is 271 g/mol. The number of Topliss-reactive ketones (excluding diaryl/α,β-unsaturated/α-hetero) is 1. The van der Waals surface area contributed by atoms with E-state index in [9.17, 15) is 9.59 Å². The minimum absolute atomic E-state index is 0.0209. The van der Waals surface area contributed by atoms with E-state index >= 15 is 0 Å². The Kier molecular flexibility index (Phi) is 5.10. The van der Waals surface area contributed by atoms with Crippen LogP contribution in [0.5, 0.6) is 0 Å². The van der Waals surface area contributed by atoms with Gasteiger partial charge in [0, 0.05) is 36.8 Å². The van der Waals surface area contributed by atoms with Gasteiger partial charge in [-0.25, -0.2) is 0 Å². The quantitative estimate of drug-likeness (QED) is 0.609. The second-order valence-corrected chi connectivity index (χ2v) is 5.29. The summed E-state index contributed by atoms with van der Waals surface area (Å²) < 4.78 is 0. The molecule has 0 radical (unpaired) electrons. The summed E-state index contributed by atoms with van der Waals surface area (Å²) in [5.41, 5.74) is 1.54. The summed E-state index contributed by atoms with van der Waals surface area (Å²) in [6, 6.07) is 9.21. The predicted octanol–water partition coefficient (Wildman–Crippen LogP) is 3.22. The molecule has 1 aliphatic heterocycles. The Hall–Kier alpha value is -1.90. The van der Waals surface area contributed by atoms with Gasteiger partial charge in [-0.15, -0.1) is 0 Å². The number of allylic oxidation sites excluding steroid dienone is 2. The van der Waals surface area contributed by atoms with E-state index in [0.717, 1.165) is 31.6 Å². The van der Waals surface area contributed by atoms with Crippen molar-refractivity contribution in [3.05, 3.63) is 47.7 Å². The number of piperidine rings is 1. The molecule has 1 saturated heterocycles. The van der Waals surface area contributed by atoms with E-state index in [1.165, 1.54) is 6.42 Å². The number of hydrogen-bond acceptors (Lipinski definition) is 3. The number of benzene rings is 1. The summed E-state index contributed by atoms with van der Waals surface area (Å²) in [7, 11) is 0. The highest BCUT2D eigenvalue weighted by Gasteiger charge is 2.16. The number of likely N-dealkylation sites (tertiary alicyclic amines) is 1. The van der Waals surface area contributed by atoms with Crippen LogP contribution >= 0.6 is 0 Å². The molecular formula is C17H21NO2. The first kappa shape index (κ1) is 14.5. The molecule has 0 aromatic heterocycles. The molecule has 0 aliphatic carbocycles. The van der Waals surface area contributed by atoms with Crippen LogP contribution in [0, 0.1) is 0 Å². The number of carbonyl (C=O) groups excluding carboxylic acids is 2. The highest BCUT2D eigenvalue weighted by molar-refractivity contribution is 6.05. The predicted molar refractivity (Wildman–Crippen MR) is 79.6 cm³/mol. The summed E-state index contributed by atoms with van der Waals surface area (Å²) in [6.45, 7) is 3.47. The van der Waals surface area contributed by atoms with Gasteiger partial charge in [-0.2, -0.15) is 0 Å². The molecule has 20 heavy (non-hydrogen) atoms. The van der Waals surface area contributed by atoms with Gasteiger partial charge in [-0.05, 0) is 26.2 Å². The van der Waals surface area contributed by atoms with E-state index in [4.69, 9.17) is 0 Å². The van der Waals surface area contributed by atoms with Crippen LogP contribution in [0.25, 0.3) is 0 Å². The molecule has 0 bridgehead atoms. The summed E-state index contributed by atoms with van der Waals surface area (Å²) in [4.78, 5) is 25.9. The van der Waals surface area contributed by atoms with Crippen molar-refractivity contribution in [1.29, 1.82) is 0 Å². The zero-order chi connectivity index (χ0) is 14.4. The van der Waals surface area contributed by atoms with Gasteiger partial charge < -0.3 is 4.90 Å². The lowest BCUT2D eigenvalue weighted by Gasteiger charge is -2.30. The highest BCUT2D eigenvalue weighted by Crippen LogP contribution is 2.18. The second-order valence-electron chi connectivity index (χ2n) is 5.29. The van der Waals surface area contributed by atoms with Gasteiger partial charge in [0.05, 0.1) is 0 Å². The number of nitrogens with zero attached hydrogens (tertiary/aromatic N) is 1.